The maximum absolute atomic E-state index is 11.8. The highest BCUT2D eigenvalue weighted by molar-refractivity contribution is 7.87. The minimum absolute atomic E-state index is 0.207. The zero-order chi connectivity index (χ0) is 13.9. The molecular weight excluding hydrogens is 290 g/mol. The van der Waals surface area contributed by atoms with Gasteiger partial charge in [-0.1, -0.05) is 17.7 Å². The van der Waals surface area contributed by atoms with Gasteiger partial charge in [-0.05, 0) is 24.6 Å². The van der Waals surface area contributed by atoms with Gasteiger partial charge in [0.15, 0.2) is 0 Å². The summed E-state index contributed by atoms with van der Waals surface area (Å²) in [7, 11) is -3.52. The second-order valence-corrected chi connectivity index (χ2v) is 6.34. The molecule has 1 heterocycles. The van der Waals surface area contributed by atoms with Crippen molar-refractivity contribution in [1.29, 1.82) is 0 Å². The number of halogens is 1. The van der Waals surface area contributed by atoms with E-state index in [0.29, 0.717) is 30.2 Å². The van der Waals surface area contributed by atoms with E-state index >= 15 is 0 Å². The zero-order valence-corrected chi connectivity index (χ0v) is 11.7. The van der Waals surface area contributed by atoms with Crippen molar-refractivity contribution in [3.63, 3.8) is 0 Å². The van der Waals surface area contributed by atoms with Gasteiger partial charge in [0, 0.05) is 23.8 Å². The lowest BCUT2D eigenvalue weighted by Gasteiger charge is -2.25. The molecule has 6 nitrogen and oxygen atoms in total. The van der Waals surface area contributed by atoms with E-state index in [1.54, 1.807) is 24.3 Å². The molecule has 8 heteroatoms. The molecule has 0 aliphatic carbocycles. The number of benzene rings is 1. The fourth-order valence-corrected chi connectivity index (χ4v) is 3.19. The van der Waals surface area contributed by atoms with Crippen LogP contribution in [0.1, 0.15) is 6.42 Å². The molecule has 0 unspecified atom stereocenters. The summed E-state index contributed by atoms with van der Waals surface area (Å²) in [6, 6.07) is 6.68. The summed E-state index contributed by atoms with van der Waals surface area (Å²) in [5, 5.41) is 3.12. The molecule has 2 N–H and O–H groups in total. The zero-order valence-electron chi connectivity index (χ0n) is 10.1. The van der Waals surface area contributed by atoms with Crippen molar-refractivity contribution in [2.75, 3.05) is 25.0 Å². The summed E-state index contributed by atoms with van der Waals surface area (Å²) in [6.07, 6.45) is 0.684. The normalized spacial score (nSPS) is 19.0. The molecule has 2 rings (SSSR count). The van der Waals surface area contributed by atoms with Gasteiger partial charge in [-0.25, -0.2) is 4.72 Å². The first kappa shape index (κ1) is 14.3. The average Bonchev–Trinajstić information content (AvgIpc) is 2.32. The molecule has 1 saturated heterocycles. The summed E-state index contributed by atoms with van der Waals surface area (Å²) in [6.45, 7) is 0.550. The Bertz CT molecular complexity index is 576. The molecule has 19 heavy (non-hydrogen) atoms. The van der Waals surface area contributed by atoms with Gasteiger partial charge in [-0.3, -0.25) is 4.79 Å². The van der Waals surface area contributed by atoms with E-state index in [4.69, 9.17) is 11.6 Å². The van der Waals surface area contributed by atoms with Crippen molar-refractivity contribution in [2.45, 2.75) is 6.42 Å². The van der Waals surface area contributed by atoms with E-state index in [1.165, 1.54) is 0 Å². The summed E-state index contributed by atoms with van der Waals surface area (Å²) in [4.78, 5) is 11.8. The number of nitrogens with zero attached hydrogens (tertiary/aromatic N) is 1. The van der Waals surface area contributed by atoms with E-state index in [0.717, 1.165) is 4.31 Å². The van der Waals surface area contributed by atoms with Crippen LogP contribution in [0.5, 0.6) is 0 Å². The Labute approximate surface area is 116 Å². The molecule has 1 aromatic carbocycles. The SMILES string of the molecule is O=C(CN1CCCNS1(=O)=O)Nc1cccc(Cl)c1. The van der Waals surface area contributed by atoms with Crippen LogP contribution < -0.4 is 10.0 Å². The Kier molecular flexibility index (Phi) is 4.41. The molecule has 1 aliphatic heterocycles. The van der Waals surface area contributed by atoms with Crippen molar-refractivity contribution < 1.29 is 13.2 Å². The molecule has 1 aliphatic rings. The summed E-state index contributed by atoms with van der Waals surface area (Å²) >= 11 is 5.80. The molecule has 0 spiro atoms. The van der Waals surface area contributed by atoms with Crippen LogP contribution in [0.25, 0.3) is 0 Å². The van der Waals surface area contributed by atoms with Gasteiger partial charge in [-0.15, -0.1) is 0 Å². The van der Waals surface area contributed by atoms with Crippen LogP contribution in [-0.2, 0) is 15.0 Å². The Balaban J connectivity index is 1.98. The molecular formula is C11H14ClN3O3S. The van der Waals surface area contributed by atoms with Crippen LogP contribution in [0.3, 0.4) is 0 Å². The van der Waals surface area contributed by atoms with Gasteiger partial charge < -0.3 is 5.32 Å². The molecule has 1 aromatic rings. The molecule has 0 atom stereocenters. The van der Waals surface area contributed by atoms with Crippen LogP contribution in [0.4, 0.5) is 5.69 Å². The van der Waals surface area contributed by atoms with Crippen LogP contribution in [0.15, 0.2) is 24.3 Å². The Hall–Kier alpha value is -1.15. The first-order valence-electron chi connectivity index (χ1n) is 5.77. The maximum atomic E-state index is 11.8. The number of amides is 1. The van der Waals surface area contributed by atoms with Gasteiger partial charge in [0.1, 0.15) is 0 Å². The smallest absolute Gasteiger partial charge is 0.279 e. The van der Waals surface area contributed by atoms with Crippen molar-refractivity contribution in [3.8, 4) is 0 Å². The highest BCUT2D eigenvalue weighted by atomic mass is 35.5. The monoisotopic (exact) mass is 303 g/mol. The van der Waals surface area contributed by atoms with E-state index in [1.807, 2.05) is 0 Å². The number of hydrogen-bond donors (Lipinski definition) is 2. The van der Waals surface area contributed by atoms with Gasteiger partial charge in [0.2, 0.25) is 5.91 Å². The summed E-state index contributed by atoms with van der Waals surface area (Å²) < 4.78 is 26.8. The number of anilines is 1. The third-order valence-electron chi connectivity index (χ3n) is 2.64. The second-order valence-electron chi connectivity index (χ2n) is 4.15. The van der Waals surface area contributed by atoms with Crippen molar-refractivity contribution in [2.24, 2.45) is 0 Å². The lowest BCUT2D eigenvalue weighted by atomic mass is 10.3. The number of nitrogens with one attached hydrogen (secondary N) is 2. The number of hydrogen-bond acceptors (Lipinski definition) is 3. The van der Waals surface area contributed by atoms with Gasteiger partial charge >= 0.3 is 0 Å². The predicted molar refractivity (Wildman–Crippen MR) is 73.2 cm³/mol. The molecule has 0 bridgehead atoms. The lowest BCUT2D eigenvalue weighted by molar-refractivity contribution is -0.116. The topological polar surface area (TPSA) is 78.5 Å². The van der Waals surface area contributed by atoms with Crippen LogP contribution in [-0.4, -0.2) is 38.3 Å². The van der Waals surface area contributed by atoms with E-state index in [2.05, 4.69) is 10.0 Å². The average molecular weight is 304 g/mol. The fourth-order valence-electron chi connectivity index (χ4n) is 1.76. The molecule has 0 saturated carbocycles. The van der Waals surface area contributed by atoms with E-state index in [-0.39, 0.29) is 6.54 Å². The number of carbonyl (C=O) groups is 1. The quantitative estimate of drug-likeness (QED) is 0.867. The molecule has 104 valence electrons. The number of rotatable bonds is 3. The molecule has 0 radical (unpaired) electrons. The van der Waals surface area contributed by atoms with Gasteiger partial charge in [0.05, 0.1) is 6.54 Å². The third-order valence-corrected chi connectivity index (χ3v) is 4.43. The van der Waals surface area contributed by atoms with Gasteiger partial charge in [-0.2, -0.15) is 12.7 Å². The summed E-state index contributed by atoms with van der Waals surface area (Å²) in [5.74, 6) is -0.394. The van der Waals surface area contributed by atoms with Crippen LogP contribution >= 0.6 is 11.6 Å². The van der Waals surface area contributed by atoms with Crippen LogP contribution in [0, 0.1) is 0 Å². The second kappa shape index (κ2) is 5.87. The minimum atomic E-state index is -3.52. The van der Waals surface area contributed by atoms with E-state index in [9.17, 15) is 13.2 Å². The molecule has 1 amide bonds. The minimum Gasteiger partial charge on any atom is -0.325 e. The van der Waals surface area contributed by atoms with E-state index < -0.39 is 16.1 Å². The predicted octanol–water partition coefficient (Wildman–Crippen LogP) is 0.819. The Morgan fingerprint density at radius 2 is 2.26 bits per heavy atom. The Morgan fingerprint density at radius 3 is 2.95 bits per heavy atom. The van der Waals surface area contributed by atoms with Crippen molar-refractivity contribution in [1.82, 2.24) is 9.03 Å². The standard InChI is InChI=1S/C11H14ClN3O3S/c12-9-3-1-4-10(7-9)14-11(16)8-15-6-2-5-13-19(15,17)18/h1,3-4,7,13H,2,5-6,8H2,(H,14,16). The van der Waals surface area contributed by atoms with Crippen LogP contribution in [0.2, 0.25) is 5.02 Å². The van der Waals surface area contributed by atoms with Crippen molar-refractivity contribution in [3.05, 3.63) is 29.3 Å². The highest BCUT2D eigenvalue weighted by Gasteiger charge is 2.27. The third kappa shape index (κ3) is 3.90. The molecule has 0 aromatic heterocycles. The largest absolute Gasteiger partial charge is 0.325 e. The fraction of sp³-hybridized carbons (Fsp3) is 0.364. The first-order chi connectivity index (χ1) is 8.97. The van der Waals surface area contributed by atoms with Crippen molar-refractivity contribution >= 4 is 33.4 Å². The molecule has 1 fully saturated rings. The Morgan fingerprint density at radius 1 is 1.47 bits per heavy atom. The number of carbonyl (C=O) groups excluding carboxylic acids is 1. The maximum Gasteiger partial charge on any atom is 0.279 e. The lowest BCUT2D eigenvalue weighted by Crippen LogP contribution is -2.49. The van der Waals surface area contributed by atoms with Gasteiger partial charge in [0.25, 0.3) is 10.2 Å². The first-order valence-corrected chi connectivity index (χ1v) is 7.59. The highest BCUT2D eigenvalue weighted by Crippen LogP contribution is 2.15. The summed E-state index contributed by atoms with van der Waals surface area (Å²) in [5.41, 5.74) is 0.542.